The standard InChI is InChI=1S/C30H32F3N3O4/c1-34-28(37)11-18-9-10-35(16-18)20-7-8-26(30(31,32)33)27(14-20)36-17-25(23-5-4-6-24(23)29(36)38)19-12-21(39-2)15-22(13-19)40-3/h7-8,12-15,17-18H,4-6,9-11,16H2,1-3H3,(H,34,37)/t18-/m1/s1. The highest BCUT2D eigenvalue weighted by molar-refractivity contribution is 5.76. The van der Waals surface area contributed by atoms with Gasteiger partial charge in [-0.3, -0.25) is 14.2 Å². The predicted octanol–water partition coefficient (Wildman–Crippen LogP) is 4.99. The summed E-state index contributed by atoms with van der Waals surface area (Å²) in [6, 6.07) is 9.25. The van der Waals surface area contributed by atoms with Crippen LogP contribution in [0.2, 0.25) is 0 Å². The Labute approximate surface area is 230 Å². The first-order valence-corrected chi connectivity index (χ1v) is 13.3. The van der Waals surface area contributed by atoms with Crippen molar-refractivity contribution < 1.29 is 27.4 Å². The Morgan fingerprint density at radius 1 is 1.05 bits per heavy atom. The number of hydrogen-bond acceptors (Lipinski definition) is 5. The molecule has 0 radical (unpaired) electrons. The van der Waals surface area contributed by atoms with Gasteiger partial charge < -0.3 is 19.7 Å². The van der Waals surface area contributed by atoms with Gasteiger partial charge in [0.1, 0.15) is 11.5 Å². The van der Waals surface area contributed by atoms with Crippen LogP contribution < -0.4 is 25.2 Å². The van der Waals surface area contributed by atoms with E-state index in [1.807, 2.05) is 4.90 Å². The summed E-state index contributed by atoms with van der Waals surface area (Å²) in [7, 11) is 4.65. The molecule has 0 spiro atoms. The van der Waals surface area contributed by atoms with Crippen molar-refractivity contribution in [2.45, 2.75) is 38.3 Å². The zero-order valence-electron chi connectivity index (χ0n) is 22.7. The van der Waals surface area contributed by atoms with E-state index >= 15 is 0 Å². The first-order chi connectivity index (χ1) is 19.1. The number of fused-ring (bicyclic) bond motifs is 1. The Balaban J connectivity index is 1.65. The average Bonchev–Trinajstić information content (AvgIpc) is 3.62. The number of benzene rings is 2. The Morgan fingerprint density at radius 3 is 2.40 bits per heavy atom. The number of hydrogen-bond donors (Lipinski definition) is 1. The minimum Gasteiger partial charge on any atom is -0.497 e. The van der Waals surface area contributed by atoms with Gasteiger partial charge in [-0.2, -0.15) is 13.2 Å². The lowest BCUT2D eigenvalue weighted by atomic mass is 9.98. The maximum absolute atomic E-state index is 14.3. The number of ether oxygens (including phenoxy) is 2. The van der Waals surface area contributed by atoms with Gasteiger partial charge in [0.15, 0.2) is 0 Å². The number of carbonyl (C=O) groups excluding carboxylic acids is 1. The summed E-state index contributed by atoms with van der Waals surface area (Å²) in [6.07, 6.45) is -0.131. The van der Waals surface area contributed by atoms with E-state index in [-0.39, 0.29) is 17.5 Å². The lowest BCUT2D eigenvalue weighted by molar-refractivity contribution is -0.137. The minimum absolute atomic E-state index is 0.0636. The molecule has 1 aliphatic heterocycles. The maximum atomic E-state index is 14.3. The number of pyridine rings is 1. The van der Waals surface area contributed by atoms with Crippen molar-refractivity contribution in [1.82, 2.24) is 9.88 Å². The number of amides is 1. The van der Waals surface area contributed by atoms with E-state index in [9.17, 15) is 22.8 Å². The number of nitrogens with one attached hydrogen (secondary N) is 1. The Kier molecular flexibility index (Phi) is 7.53. The second-order valence-electron chi connectivity index (χ2n) is 10.3. The summed E-state index contributed by atoms with van der Waals surface area (Å²) in [5, 5.41) is 2.62. The average molecular weight is 556 g/mol. The molecule has 0 unspecified atom stereocenters. The molecule has 1 aliphatic carbocycles. The normalized spacial score (nSPS) is 16.6. The van der Waals surface area contributed by atoms with Crippen molar-refractivity contribution >= 4 is 11.6 Å². The van der Waals surface area contributed by atoms with E-state index in [0.29, 0.717) is 66.2 Å². The fourth-order valence-corrected chi connectivity index (χ4v) is 5.83. The van der Waals surface area contributed by atoms with Crippen LogP contribution in [-0.2, 0) is 23.8 Å². The van der Waals surface area contributed by atoms with Crippen LogP contribution in [0.3, 0.4) is 0 Å². The molecule has 0 bridgehead atoms. The molecule has 2 heterocycles. The molecule has 1 atom stereocenters. The smallest absolute Gasteiger partial charge is 0.418 e. The summed E-state index contributed by atoms with van der Waals surface area (Å²) in [5.74, 6) is 1.11. The van der Waals surface area contributed by atoms with E-state index in [4.69, 9.17) is 9.47 Å². The molecule has 7 nitrogen and oxygen atoms in total. The van der Waals surface area contributed by atoms with Crippen molar-refractivity contribution in [3.63, 3.8) is 0 Å². The molecule has 1 amide bonds. The fourth-order valence-electron chi connectivity index (χ4n) is 5.83. The van der Waals surface area contributed by atoms with Crippen LogP contribution >= 0.6 is 0 Å². The van der Waals surface area contributed by atoms with Gasteiger partial charge in [-0.1, -0.05) is 0 Å². The zero-order valence-corrected chi connectivity index (χ0v) is 22.7. The Hall–Kier alpha value is -3.95. The number of rotatable bonds is 7. The summed E-state index contributed by atoms with van der Waals surface area (Å²) in [4.78, 5) is 27.5. The van der Waals surface area contributed by atoms with Crippen LogP contribution in [0.4, 0.5) is 18.9 Å². The first-order valence-electron chi connectivity index (χ1n) is 13.3. The third-order valence-corrected chi connectivity index (χ3v) is 7.89. The molecule has 2 aromatic carbocycles. The topological polar surface area (TPSA) is 72.8 Å². The second-order valence-corrected chi connectivity index (χ2v) is 10.3. The Bertz CT molecular complexity index is 1480. The van der Waals surface area contributed by atoms with Gasteiger partial charge in [0.25, 0.3) is 5.56 Å². The SMILES string of the molecule is CNC(=O)C[C@H]1CCN(c2ccc(C(F)(F)F)c(-n3cc(-c4cc(OC)cc(OC)c4)c4c(c3=O)CCC4)c2)C1. The third kappa shape index (κ3) is 5.26. The molecule has 40 heavy (non-hydrogen) atoms. The molecule has 0 saturated carbocycles. The minimum atomic E-state index is -4.67. The van der Waals surface area contributed by atoms with E-state index < -0.39 is 17.3 Å². The van der Waals surface area contributed by atoms with Gasteiger partial charge >= 0.3 is 6.18 Å². The quantitative estimate of drug-likeness (QED) is 0.445. The fraction of sp³-hybridized carbons (Fsp3) is 0.400. The lowest BCUT2D eigenvalue weighted by Gasteiger charge is -2.23. The van der Waals surface area contributed by atoms with Crippen molar-refractivity contribution in [2.24, 2.45) is 5.92 Å². The molecule has 3 aromatic rings. The van der Waals surface area contributed by atoms with Crippen molar-refractivity contribution in [1.29, 1.82) is 0 Å². The van der Waals surface area contributed by atoms with Crippen LogP contribution in [0.25, 0.3) is 16.8 Å². The molecular formula is C30H32F3N3O4. The maximum Gasteiger partial charge on any atom is 0.418 e. The summed E-state index contributed by atoms with van der Waals surface area (Å²) in [6.45, 7) is 1.16. The van der Waals surface area contributed by atoms with Crippen LogP contribution in [0.5, 0.6) is 11.5 Å². The number of alkyl halides is 3. The number of aromatic nitrogens is 1. The predicted molar refractivity (Wildman–Crippen MR) is 147 cm³/mol. The van der Waals surface area contributed by atoms with Gasteiger partial charge in [0.05, 0.1) is 25.5 Å². The number of anilines is 1. The zero-order chi connectivity index (χ0) is 28.6. The van der Waals surface area contributed by atoms with E-state index in [2.05, 4.69) is 5.32 Å². The van der Waals surface area contributed by atoms with E-state index in [1.165, 1.54) is 32.5 Å². The molecule has 1 N–H and O–H groups in total. The second kappa shape index (κ2) is 10.9. The van der Waals surface area contributed by atoms with Gasteiger partial charge in [-0.05, 0) is 73.1 Å². The van der Waals surface area contributed by atoms with Crippen molar-refractivity contribution in [3.8, 4) is 28.3 Å². The molecule has 1 fully saturated rings. The van der Waals surface area contributed by atoms with Crippen molar-refractivity contribution in [2.75, 3.05) is 39.3 Å². The van der Waals surface area contributed by atoms with Crippen LogP contribution in [0, 0.1) is 5.92 Å². The first kappa shape index (κ1) is 27.6. The van der Waals surface area contributed by atoms with Gasteiger partial charge in [-0.25, -0.2) is 0 Å². The van der Waals surface area contributed by atoms with E-state index in [0.717, 1.165) is 29.0 Å². The summed E-state index contributed by atoms with van der Waals surface area (Å²) in [5.41, 5.74) is 1.80. The number of carbonyl (C=O) groups is 1. The number of halogens is 3. The molecule has 212 valence electrons. The monoisotopic (exact) mass is 555 g/mol. The van der Waals surface area contributed by atoms with Crippen LogP contribution in [0.15, 0.2) is 47.4 Å². The molecule has 5 rings (SSSR count). The van der Waals surface area contributed by atoms with Crippen LogP contribution in [0.1, 0.15) is 36.0 Å². The van der Waals surface area contributed by atoms with E-state index in [1.54, 1.807) is 25.2 Å². The van der Waals surface area contributed by atoms with Gasteiger partial charge in [0, 0.05) is 55.6 Å². The Morgan fingerprint density at radius 2 is 1.75 bits per heavy atom. The lowest BCUT2D eigenvalue weighted by Crippen LogP contribution is -2.27. The molecular weight excluding hydrogens is 523 g/mol. The summed E-state index contributed by atoms with van der Waals surface area (Å²) < 4.78 is 54.9. The van der Waals surface area contributed by atoms with Gasteiger partial charge in [-0.15, -0.1) is 0 Å². The molecule has 1 aromatic heterocycles. The highest BCUT2D eigenvalue weighted by atomic mass is 19.4. The highest BCUT2D eigenvalue weighted by Gasteiger charge is 2.36. The number of nitrogens with zero attached hydrogens (tertiary/aromatic N) is 2. The third-order valence-electron chi connectivity index (χ3n) is 7.89. The largest absolute Gasteiger partial charge is 0.497 e. The van der Waals surface area contributed by atoms with Gasteiger partial charge in [0.2, 0.25) is 5.91 Å². The summed E-state index contributed by atoms with van der Waals surface area (Å²) >= 11 is 0. The molecule has 2 aliphatic rings. The molecule has 10 heteroatoms. The van der Waals surface area contributed by atoms with Crippen LogP contribution in [-0.4, -0.2) is 44.8 Å². The molecule has 1 saturated heterocycles. The number of methoxy groups -OCH3 is 2. The van der Waals surface area contributed by atoms with Crippen molar-refractivity contribution in [3.05, 3.63) is 69.6 Å². The highest BCUT2D eigenvalue weighted by Crippen LogP contribution is 2.39.